The highest BCUT2D eigenvalue weighted by atomic mass is 16.6. The van der Waals surface area contributed by atoms with Crippen LogP contribution in [0, 0.1) is 0 Å². The zero-order chi connectivity index (χ0) is 29.8. The molecule has 4 aromatic carbocycles. The second kappa shape index (κ2) is 12.4. The van der Waals surface area contributed by atoms with E-state index in [2.05, 4.69) is 40.7 Å². The number of hydrogen-bond acceptors (Lipinski definition) is 4. The van der Waals surface area contributed by atoms with Crippen LogP contribution in [0.25, 0.3) is 21.8 Å². The molecule has 0 radical (unpaired) electrons. The van der Waals surface area contributed by atoms with E-state index in [1.54, 1.807) is 11.0 Å². The number of aryl methyl sites for hydroxylation is 1. The van der Waals surface area contributed by atoms with Gasteiger partial charge in [0.25, 0.3) is 0 Å². The topological polar surface area (TPSA) is 75.9 Å². The number of oxime groups is 1. The fourth-order valence-electron chi connectivity index (χ4n) is 6.05. The molecule has 0 saturated carbocycles. The largest absolute Gasteiger partial charge is 0.392 e. The Morgan fingerprint density at radius 2 is 1.58 bits per heavy atom. The number of rotatable bonds is 9. The molecule has 1 aliphatic rings. The molecule has 1 aliphatic heterocycles. The lowest BCUT2D eigenvalue weighted by molar-refractivity contribution is -0.137. The lowest BCUT2D eigenvalue weighted by Gasteiger charge is -2.28. The van der Waals surface area contributed by atoms with E-state index in [4.69, 9.17) is 4.84 Å². The number of likely N-dealkylation sites (tertiary alicyclic amines) is 1. The third kappa shape index (κ3) is 5.54. The molecule has 7 nitrogen and oxygen atoms in total. The molecular formula is C36H34N4O3. The van der Waals surface area contributed by atoms with Crippen LogP contribution in [0.3, 0.4) is 0 Å². The molecule has 1 saturated heterocycles. The lowest BCUT2D eigenvalue weighted by atomic mass is 9.90. The summed E-state index contributed by atoms with van der Waals surface area (Å²) in [4.78, 5) is 35.3. The first-order chi connectivity index (χ1) is 21.1. The predicted molar refractivity (Wildman–Crippen MR) is 172 cm³/mol. The second-order valence-corrected chi connectivity index (χ2v) is 10.7. The number of nitrogens with one attached hydrogen (secondary N) is 1. The van der Waals surface area contributed by atoms with Gasteiger partial charge in [0, 0.05) is 40.5 Å². The van der Waals surface area contributed by atoms with Crippen LogP contribution in [0.5, 0.6) is 0 Å². The summed E-state index contributed by atoms with van der Waals surface area (Å²) in [6.07, 6.45) is 1.89. The van der Waals surface area contributed by atoms with Crippen molar-refractivity contribution in [3.8, 4) is 0 Å². The summed E-state index contributed by atoms with van der Waals surface area (Å²) in [5.74, 6) is -0.990. The molecule has 1 N–H and O–H groups in total. The number of hydrogen-bond donors (Lipinski definition) is 1. The highest BCUT2D eigenvalue weighted by Crippen LogP contribution is 2.33. The third-order valence-electron chi connectivity index (χ3n) is 8.00. The van der Waals surface area contributed by atoms with Crippen LogP contribution in [0.1, 0.15) is 30.4 Å². The van der Waals surface area contributed by atoms with Crippen LogP contribution in [-0.2, 0) is 21.0 Å². The highest BCUT2D eigenvalue weighted by Gasteiger charge is 2.41. The second-order valence-electron chi connectivity index (χ2n) is 10.7. The average molecular weight is 571 g/mol. The minimum absolute atomic E-state index is 0.159. The number of para-hydroxylation sites is 1. The average Bonchev–Trinajstić information content (AvgIpc) is 3.61. The van der Waals surface area contributed by atoms with Gasteiger partial charge >= 0.3 is 0 Å². The van der Waals surface area contributed by atoms with E-state index in [1.807, 2.05) is 91.0 Å². The van der Waals surface area contributed by atoms with E-state index < -0.39 is 12.0 Å². The molecule has 0 aliphatic carbocycles. The number of nitrogens with zero attached hydrogens (tertiary/aromatic N) is 3. The molecule has 1 fully saturated rings. The minimum Gasteiger partial charge on any atom is -0.392 e. The molecule has 0 bridgehead atoms. The van der Waals surface area contributed by atoms with Crippen molar-refractivity contribution in [1.82, 2.24) is 9.47 Å². The van der Waals surface area contributed by atoms with E-state index in [9.17, 15) is 9.59 Å². The van der Waals surface area contributed by atoms with Crippen LogP contribution in [0.2, 0.25) is 0 Å². The molecular weight excluding hydrogens is 536 g/mol. The molecule has 1 aromatic heterocycles. The molecule has 6 rings (SSSR count). The van der Waals surface area contributed by atoms with Gasteiger partial charge in [-0.15, -0.1) is 0 Å². The first-order valence-corrected chi connectivity index (χ1v) is 14.6. The Labute approximate surface area is 251 Å². The van der Waals surface area contributed by atoms with Crippen molar-refractivity contribution in [1.29, 1.82) is 0 Å². The summed E-state index contributed by atoms with van der Waals surface area (Å²) in [5, 5.41) is 9.56. The monoisotopic (exact) mass is 570 g/mol. The normalized spacial score (nSPS) is 15.8. The summed E-state index contributed by atoms with van der Waals surface area (Å²) in [7, 11) is 0. The van der Waals surface area contributed by atoms with Gasteiger partial charge in [-0.05, 0) is 42.3 Å². The van der Waals surface area contributed by atoms with Crippen LogP contribution in [0.4, 0.5) is 5.69 Å². The van der Waals surface area contributed by atoms with Crippen LogP contribution >= 0.6 is 0 Å². The van der Waals surface area contributed by atoms with Gasteiger partial charge in [0.05, 0.1) is 18.2 Å². The Morgan fingerprint density at radius 3 is 2.26 bits per heavy atom. The van der Waals surface area contributed by atoms with Gasteiger partial charge in [-0.3, -0.25) is 9.59 Å². The Balaban J connectivity index is 1.33. The first kappa shape index (κ1) is 28.0. The minimum atomic E-state index is -0.749. The summed E-state index contributed by atoms with van der Waals surface area (Å²) in [5.41, 5.74) is 5.32. The van der Waals surface area contributed by atoms with Gasteiger partial charge in [0.1, 0.15) is 12.6 Å². The first-order valence-electron chi connectivity index (χ1n) is 14.6. The maximum atomic E-state index is 14.4. The number of benzene rings is 4. The van der Waals surface area contributed by atoms with E-state index in [0.717, 1.165) is 39.5 Å². The van der Waals surface area contributed by atoms with Crippen LogP contribution in [0.15, 0.2) is 121 Å². The molecule has 2 amide bonds. The Kier molecular flexibility index (Phi) is 8.05. The van der Waals surface area contributed by atoms with Crippen molar-refractivity contribution in [2.45, 2.75) is 31.8 Å². The third-order valence-corrected chi connectivity index (χ3v) is 8.00. The molecule has 0 unspecified atom stereocenters. The number of carbonyl (C=O) groups is 2. The number of anilines is 1. The molecule has 1 atom stereocenters. The van der Waals surface area contributed by atoms with Gasteiger partial charge in [-0.2, -0.15) is 0 Å². The van der Waals surface area contributed by atoms with Gasteiger partial charge in [-0.1, -0.05) is 96.7 Å². The van der Waals surface area contributed by atoms with E-state index >= 15 is 0 Å². The lowest BCUT2D eigenvalue weighted by Crippen LogP contribution is -2.45. The van der Waals surface area contributed by atoms with Crippen molar-refractivity contribution in [2.75, 3.05) is 18.5 Å². The maximum absolute atomic E-state index is 14.4. The van der Waals surface area contributed by atoms with Crippen molar-refractivity contribution in [3.63, 3.8) is 0 Å². The Bertz CT molecular complexity index is 1770. The summed E-state index contributed by atoms with van der Waals surface area (Å²) >= 11 is 0. The summed E-state index contributed by atoms with van der Waals surface area (Å²) in [6, 6.07) is 32.9. The van der Waals surface area contributed by atoms with Gasteiger partial charge in [-0.25, -0.2) is 0 Å². The smallest absolute Gasteiger partial charge is 0.247 e. The number of fused-ring (bicyclic) bond motifs is 3. The molecule has 5 aromatic rings. The van der Waals surface area contributed by atoms with Gasteiger partial charge in [0.15, 0.2) is 0 Å². The fraction of sp³-hybridized carbons (Fsp3) is 0.194. The van der Waals surface area contributed by atoms with Crippen molar-refractivity contribution in [3.05, 3.63) is 127 Å². The molecule has 2 heterocycles. The van der Waals surface area contributed by atoms with E-state index in [1.165, 1.54) is 0 Å². The van der Waals surface area contributed by atoms with Gasteiger partial charge in [0.2, 0.25) is 11.8 Å². The zero-order valence-electron chi connectivity index (χ0n) is 24.1. The van der Waals surface area contributed by atoms with Crippen LogP contribution < -0.4 is 5.32 Å². The van der Waals surface area contributed by atoms with Gasteiger partial charge < -0.3 is 19.6 Å². The molecule has 0 spiro atoms. The zero-order valence-corrected chi connectivity index (χ0v) is 24.1. The number of carbonyl (C=O) groups excluding carboxylic acids is 2. The molecule has 43 heavy (non-hydrogen) atoms. The van der Waals surface area contributed by atoms with Crippen molar-refractivity contribution < 1.29 is 14.4 Å². The van der Waals surface area contributed by atoms with E-state index in [-0.39, 0.29) is 31.4 Å². The Morgan fingerprint density at radius 1 is 0.930 bits per heavy atom. The molecule has 7 heteroatoms. The fourth-order valence-corrected chi connectivity index (χ4v) is 6.05. The summed E-state index contributed by atoms with van der Waals surface area (Å²) in [6.45, 7) is 7.09. The molecule has 216 valence electrons. The van der Waals surface area contributed by atoms with Crippen molar-refractivity contribution >= 4 is 45.0 Å². The van der Waals surface area contributed by atoms with Crippen LogP contribution in [-0.4, -0.2) is 46.2 Å². The Hall–Kier alpha value is -5.17. The number of aromatic nitrogens is 1. The highest BCUT2D eigenvalue weighted by molar-refractivity contribution is 6.11. The quantitative estimate of drug-likeness (QED) is 0.121. The number of amides is 2. The standard InChI is InChI=1S/C36H34N4O3/c1-3-21-43-38-28-23-33(40(24-28)36(42)34(25-13-7-5-8-14-25)26-15-9-6-10-16-26)35(41)37-27-19-20-32-30(22-27)29-17-11-12-18-31(29)39(32)4-2/h3,5-20,22,33-34H,1,4,21,23-24H2,2H3,(H,37,41)/t33-/m0/s1. The van der Waals surface area contributed by atoms with E-state index in [0.29, 0.717) is 11.4 Å². The maximum Gasteiger partial charge on any atom is 0.247 e. The SMILES string of the molecule is C=CCON=C1C[C@@H](C(=O)Nc2ccc3c(c2)c2ccccc2n3CC)N(C(=O)C(c2ccccc2)c2ccccc2)C1. The summed E-state index contributed by atoms with van der Waals surface area (Å²) < 4.78 is 2.27. The predicted octanol–water partition coefficient (Wildman–Crippen LogP) is 6.74. The van der Waals surface area contributed by atoms with Crippen molar-refractivity contribution in [2.24, 2.45) is 5.16 Å².